The molecule has 0 unspecified atom stereocenters. The minimum absolute atomic E-state index is 0.0892. The fraction of sp³-hybridized carbons (Fsp3) is 0.174. The van der Waals surface area contributed by atoms with Crippen LogP contribution in [0.25, 0.3) is 11.1 Å². The van der Waals surface area contributed by atoms with Crippen LogP contribution in [0.4, 0.5) is 0 Å². The third-order valence-corrected chi connectivity index (χ3v) is 5.00. The van der Waals surface area contributed by atoms with Crippen LogP contribution in [0.1, 0.15) is 34.3 Å². The molecule has 1 heterocycles. The average Bonchev–Trinajstić information content (AvgIpc) is 3.54. The fourth-order valence-corrected chi connectivity index (χ4v) is 3.17. The molecule has 138 valence electrons. The Balaban J connectivity index is 1.50. The second kappa shape index (κ2) is 7.16. The number of ether oxygens (including phenoxy) is 1. The maximum absolute atomic E-state index is 12.6. The van der Waals surface area contributed by atoms with Gasteiger partial charge in [-0.25, -0.2) is 9.97 Å². The molecular formula is C23H19N3O2. The molecule has 0 saturated heterocycles. The number of methoxy groups -OCH3 is 1. The highest BCUT2D eigenvalue weighted by molar-refractivity contribution is 5.95. The molecule has 0 atom stereocenters. The minimum Gasteiger partial charge on any atom is -0.467 e. The zero-order chi connectivity index (χ0) is 19.6. The summed E-state index contributed by atoms with van der Waals surface area (Å²) < 4.78 is 4.99. The Morgan fingerprint density at radius 2 is 1.68 bits per heavy atom. The Kier molecular flexibility index (Phi) is 4.54. The summed E-state index contributed by atoms with van der Waals surface area (Å²) in [5, 5.41) is 3.18. The van der Waals surface area contributed by atoms with Crippen molar-refractivity contribution < 1.29 is 9.53 Å². The number of hydrogen-bond donors (Lipinski definition) is 1. The van der Waals surface area contributed by atoms with Crippen LogP contribution >= 0.6 is 0 Å². The van der Waals surface area contributed by atoms with Gasteiger partial charge in [-0.1, -0.05) is 30.2 Å². The molecule has 4 rings (SSSR count). The smallest absolute Gasteiger partial charge is 0.316 e. The van der Waals surface area contributed by atoms with E-state index in [0.29, 0.717) is 11.6 Å². The molecule has 1 fully saturated rings. The van der Waals surface area contributed by atoms with Crippen LogP contribution in [0.5, 0.6) is 6.01 Å². The SMILES string of the molecule is C#Cc1ccc(C(=O)NC2(c3ccc(-c4cnc(OC)nc4)cc3)CC2)cc1. The largest absolute Gasteiger partial charge is 0.467 e. The van der Waals surface area contributed by atoms with Gasteiger partial charge in [-0.15, -0.1) is 6.42 Å². The summed E-state index contributed by atoms with van der Waals surface area (Å²) in [5.41, 5.74) is 4.09. The summed E-state index contributed by atoms with van der Waals surface area (Å²) in [4.78, 5) is 20.9. The number of hydrogen-bond acceptors (Lipinski definition) is 4. The van der Waals surface area contributed by atoms with E-state index in [1.54, 1.807) is 36.7 Å². The lowest BCUT2D eigenvalue weighted by atomic mass is 10.00. The molecule has 1 amide bonds. The number of carbonyl (C=O) groups excluding carboxylic acids is 1. The molecule has 0 bridgehead atoms. The van der Waals surface area contributed by atoms with Gasteiger partial charge in [0, 0.05) is 29.1 Å². The molecule has 3 aromatic rings. The third-order valence-electron chi connectivity index (χ3n) is 5.00. The van der Waals surface area contributed by atoms with E-state index in [2.05, 4.69) is 21.2 Å². The molecule has 0 spiro atoms. The van der Waals surface area contributed by atoms with Crippen LogP contribution in [-0.4, -0.2) is 23.0 Å². The van der Waals surface area contributed by atoms with Gasteiger partial charge < -0.3 is 10.1 Å². The molecule has 1 N–H and O–H groups in total. The summed E-state index contributed by atoms with van der Waals surface area (Å²) in [6, 6.07) is 15.6. The molecule has 1 aliphatic rings. The predicted molar refractivity (Wildman–Crippen MR) is 107 cm³/mol. The second-order valence-corrected chi connectivity index (χ2v) is 6.79. The summed E-state index contributed by atoms with van der Waals surface area (Å²) in [5.74, 6) is 2.47. The lowest BCUT2D eigenvalue weighted by Crippen LogP contribution is -2.34. The van der Waals surface area contributed by atoms with E-state index in [-0.39, 0.29) is 11.4 Å². The highest BCUT2D eigenvalue weighted by atomic mass is 16.5. The van der Waals surface area contributed by atoms with Crippen LogP contribution in [0.3, 0.4) is 0 Å². The van der Waals surface area contributed by atoms with Gasteiger partial charge in [0.05, 0.1) is 12.6 Å². The number of nitrogens with zero attached hydrogens (tertiary/aromatic N) is 2. The summed E-state index contributed by atoms with van der Waals surface area (Å²) in [6.07, 6.45) is 10.7. The van der Waals surface area contributed by atoms with Crippen molar-refractivity contribution in [1.29, 1.82) is 0 Å². The number of terminal acetylenes is 1. The number of rotatable bonds is 5. The standard InChI is InChI=1S/C23H19N3O2/c1-3-16-4-6-18(7-5-16)21(27)26-23(12-13-23)20-10-8-17(9-11-20)19-14-24-22(28-2)25-15-19/h1,4-11,14-15H,12-13H2,2H3,(H,26,27). The van der Waals surface area contributed by atoms with Crippen LogP contribution in [0.2, 0.25) is 0 Å². The van der Waals surface area contributed by atoms with E-state index in [9.17, 15) is 4.79 Å². The zero-order valence-corrected chi connectivity index (χ0v) is 15.5. The van der Waals surface area contributed by atoms with Gasteiger partial charge >= 0.3 is 6.01 Å². The van der Waals surface area contributed by atoms with Gasteiger partial charge in [0.1, 0.15) is 0 Å². The number of benzene rings is 2. The Morgan fingerprint density at radius 1 is 1.04 bits per heavy atom. The molecule has 5 heteroatoms. The van der Waals surface area contributed by atoms with Crippen LogP contribution < -0.4 is 10.1 Å². The van der Waals surface area contributed by atoms with Crippen molar-refractivity contribution in [2.45, 2.75) is 18.4 Å². The van der Waals surface area contributed by atoms with Crippen LogP contribution in [-0.2, 0) is 5.54 Å². The number of amides is 1. The number of aromatic nitrogens is 2. The maximum atomic E-state index is 12.6. The summed E-state index contributed by atoms with van der Waals surface area (Å²) >= 11 is 0. The van der Waals surface area contributed by atoms with Gasteiger partial charge in [-0.2, -0.15) is 0 Å². The molecule has 1 aromatic heterocycles. The van der Waals surface area contributed by atoms with E-state index in [4.69, 9.17) is 11.2 Å². The lowest BCUT2D eigenvalue weighted by molar-refractivity contribution is 0.0931. The van der Waals surface area contributed by atoms with Gasteiger partial charge in [-0.05, 0) is 48.2 Å². The molecule has 1 aliphatic carbocycles. The highest BCUT2D eigenvalue weighted by Gasteiger charge is 2.45. The highest BCUT2D eigenvalue weighted by Crippen LogP contribution is 2.46. The minimum atomic E-state index is -0.295. The first kappa shape index (κ1) is 17.7. The summed E-state index contributed by atoms with van der Waals surface area (Å²) in [7, 11) is 1.54. The Hall–Kier alpha value is -3.65. The molecule has 2 aromatic carbocycles. The molecule has 0 aliphatic heterocycles. The number of carbonyl (C=O) groups is 1. The van der Waals surface area contributed by atoms with Crippen LogP contribution in [0, 0.1) is 12.3 Å². The van der Waals surface area contributed by atoms with Crippen molar-refractivity contribution in [3.05, 3.63) is 77.6 Å². The van der Waals surface area contributed by atoms with Crippen LogP contribution in [0.15, 0.2) is 60.9 Å². The first-order valence-corrected chi connectivity index (χ1v) is 9.00. The van der Waals surface area contributed by atoms with E-state index in [0.717, 1.165) is 35.1 Å². The van der Waals surface area contributed by atoms with Crippen molar-refractivity contribution >= 4 is 5.91 Å². The van der Waals surface area contributed by atoms with E-state index in [1.165, 1.54) is 7.11 Å². The van der Waals surface area contributed by atoms with Crippen molar-refractivity contribution in [2.75, 3.05) is 7.11 Å². The topological polar surface area (TPSA) is 64.1 Å². The van der Waals surface area contributed by atoms with E-state index < -0.39 is 0 Å². The Labute approximate surface area is 163 Å². The van der Waals surface area contributed by atoms with E-state index in [1.807, 2.05) is 24.3 Å². The van der Waals surface area contributed by atoms with Crippen molar-refractivity contribution in [1.82, 2.24) is 15.3 Å². The molecule has 5 nitrogen and oxygen atoms in total. The zero-order valence-electron chi connectivity index (χ0n) is 15.5. The monoisotopic (exact) mass is 369 g/mol. The first-order chi connectivity index (χ1) is 13.6. The first-order valence-electron chi connectivity index (χ1n) is 9.00. The second-order valence-electron chi connectivity index (χ2n) is 6.79. The summed E-state index contributed by atoms with van der Waals surface area (Å²) in [6.45, 7) is 0. The maximum Gasteiger partial charge on any atom is 0.316 e. The Bertz CT molecular complexity index is 1030. The normalized spacial score (nSPS) is 14.0. The van der Waals surface area contributed by atoms with Crippen molar-refractivity contribution in [2.24, 2.45) is 0 Å². The van der Waals surface area contributed by atoms with E-state index >= 15 is 0 Å². The molecule has 28 heavy (non-hydrogen) atoms. The quantitative estimate of drug-likeness (QED) is 0.699. The van der Waals surface area contributed by atoms with Gasteiger partial charge in [0.15, 0.2) is 0 Å². The fourth-order valence-electron chi connectivity index (χ4n) is 3.17. The molecular weight excluding hydrogens is 350 g/mol. The third kappa shape index (κ3) is 3.45. The van der Waals surface area contributed by atoms with Gasteiger partial charge in [0.25, 0.3) is 5.91 Å². The number of nitrogens with one attached hydrogen (secondary N) is 1. The van der Waals surface area contributed by atoms with Crippen molar-refractivity contribution in [3.8, 4) is 29.5 Å². The lowest BCUT2D eigenvalue weighted by Gasteiger charge is -2.18. The van der Waals surface area contributed by atoms with Gasteiger partial charge in [-0.3, -0.25) is 4.79 Å². The molecule has 0 radical (unpaired) electrons. The Morgan fingerprint density at radius 3 is 2.21 bits per heavy atom. The average molecular weight is 369 g/mol. The predicted octanol–water partition coefficient (Wildman–Crippen LogP) is 3.55. The van der Waals surface area contributed by atoms with Crippen molar-refractivity contribution in [3.63, 3.8) is 0 Å². The van der Waals surface area contributed by atoms with Gasteiger partial charge in [0.2, 0.25) is 0 Å². The molecule has 1 saturated carbocycles.